The van der Waals surface area contributed by atoms with E-state index >= 15 is 0 Å². The molecule has 1 atom stereocenters. The van der Waals surface area contributed by atoms with Crippen molar-refractivity contribution in [1.29, 1.82) is 0 Å². The van der Waals surface area contributed by atoms with E-state index < -0.39 is 17.7 Å². The number of phenolic OH excluding ortho intramolecular Hbond substituents is 1. The zero-order chi connectivity index (χ0) is 19.0. The Kier molecular flexibility index (Phi) is 4.80. The van der Waals surface area contributed by atoms with Gasteiger partial charge in [0.2, 0.25) is 0 Å². The highest BCUT2D eigenvalue weighted by molar-refractivity contribution is 5.75. The van der Waals surface area contributed by atoms with Gasteiger partial charge in [0.1, 0.15) is 17.7 Å². The van der Waals surface area contributed by atoms with E-state index in [4.69, 9.17) is 4.74 Å². The normalized spacial score (nSPS) is 17.4. The number of hydrogen-bond donors (Lipinski definition) is 2. The number of H-pyrrole nitrogens is 1. The Labute approximate surface area is 155 Å². The summed E-state index contributed by atoms with van der Waals surface area (Å²) >= 11 is 0. The number of benzene rings is 2. The van der Waals surface area contributed by atoms with Crippen LogP contribution in [-0.2, 0) is 4.74 Å². The molecule has 2 heterocycles. The number of likely N-dealkylation sites (tertiary alicyclic amines) is 1. The van der Waals surface area contributed by atoms with Crippen molar-refractivity contribution < 1.29 is 18.6 Å². The summed E-state index contributed by atoms with van der Waals surface area (Å²) in [6.07, 6.45) is 0.753. The zero-order valence-corrected chi connectivity index (χ0v) is 15.0. The van der Waals surface area contributed by atoms with E-state index in [1.165, 1.54) is 0 Å². The van der Waals surface area contributed by atoms with Gasteiger partial charge in [-0.2, -0.15) is 0 Å². The fourth-order valence-electron chi connectivity index (χ4n) is 3.46. The van der Waals surface area contributed by atoms with Gasteiger partial charge in [-0.1, -0.05) is 12.1 Å². The summed E-state index contributed by atoms with van der Waals surface area (Å²) in [6, 6.07) is 9.24. The zero-order valence-electron chi connectivity index (χ0n) is 15.0. The number of rotatable bonds is 4. The second kappa shape index (κ2) is 7.25. The largest absolute Gasteiger partial charge is 0.507 e. The highest BCUT2D eigenvalue weighted by Crippen LogP contribution is 2.35. The Morgan fingerprint density at radius 3 is 2.63 bits per heavy atom. The van der Waals surface area contributed by atoms with Crippen LogP contribution in [0.4, 0.5) is 8.78 Å². The number of aromatic hydroxyl groups is 1. The monoisotopic (exact) mass is 373 g/mol. The van der Waals surface area contributed by atoms with Gasteiger partial charge in [0, 0.05) is 24.7 Å². The minimum Gasteiger partial charge on any atom is -0.507 e. The van der Waals surface area contributed by atoms with Crippen LogP contribution in [0, 0.1) is 11.6 Å². The highest BCUT2D eigenvalue weighted by Gasteiger charge is 2.28. The third kappa shape index (κ3) is 3.65. The fraction of sp³-hybridized carbons (Fsp3) is 0.350. The average Bonchev–Trinajstić information content (AvgIpc) is 3.08. The third-order valence-corrected chi connectivity index (χ3v) is 5.00. The Morgan fingerprint density at radius 1 is 1.19 bits per heavy atom. The van der Waals surface area contributed by atoms with Crippen molar-refractivity contribution >= 4 is 11.0 Å². The number of piperidine rings is 1. The number of hydrogen-bond acceptors (Lipinski definition) is 4. The predicted molar refractivity (Wildman–Crippen MR) is 97.6 cm³/mol. The maximum atomic E-state index is 13.9. The molecule has 1 aliphatic heterocycles. The topological polar surface area (TPSA) is 61.4 Å². The standard InChI is InChI=1S/C20H21F2N3O2/c1-25-8-6-12(7-9-25)27-19(13-10-14(21)15(22)11-18(13)26)20-23-16-4-2-3-5-17(16)24-20/h2-5,10-12,19,26H,6-9H2,1H3,(H,23,24). The van der Waals surface area contributed by atoms with Crippen LogP contribution in [0.2, 0.25) is 0 Å². The van der Waals surface area contributed by atoms with Crippen molar-refractivity contribution in [3.05, 3.63) is 59.4 Å². The van der Waals surface area contributed by atoms with Gasteiger partial charge >= 0.3 is 0 Å². The summed E-state index contributed by atoms with van der Waals surface area (Å²) in [5.41, 5.74) is 1.71. The minimum atomic E-state index is -1.10. The van der Waals surface area contributed by atoms with Crippen molar-refractivity contribution in [3.63, 3.8) is 0 Å². The lowest BCUT2D eigenvalue weighted by Gasteiger charge is -2.31. The van der Waals surface area contributed by atoms with Gasteiger partial charge in [0.15, 0.2) is 11.6 Å². The van der Waals surface area contributed by atoms with Crippen molar-refractivity contribution in [2.75, 3.05) is 20.1 Å². The molecule has 0 amide bonds. The van der Waals surface area contributed by atoms with Gasteiger partial charge in [0.05, 0.1) is 17.1 Å². The summed E-state index contributed by atoms with van der Waals surface area (Å²) in [5, 5.41) is 10.3. The van der Waals surface area contributed by atoms with E-state index in [-0.39, 0.29) is 17.4 Å². The molecule has 0 bridgehead atoms. The number of nitrogens with one attached hydrogen (secondary N) is 1. The van der Waals surface area contributed by atoms with E-state index in [9.17, 15) is 13.9 Å². The first kappa shape index (κ1) is 17.9. The molecule has 0 aliphatic carbocycles. The molecule has 2 N–H and O–H groups in total. The van der Waals surface area contributed by atoms with Crippen molar-refractivity contribution in [2.24, 2.45) is 0 Å². The van der Waals surface area contributed by atoms with E-state index in [2.05, 4.69) is 14.9 Å². The number of aromatic amines is 1. The molecule has 142 valence electrons. The van der Waals surface area contributed by atoms with Gasteiger partial charge in [-0.05, 0) is 38.1 Å². The smallest absolute Gasteiger partial charge is 0.162 e. The van der Waals surface area contributed by atoms with Crippen LogP contribution in [0.15, 0.2) is 36.4 Å². The third-order valence-electron chi connectivity index (χ3n) is 5.00. The van der Waals surface area contributed by atoms with Crippen molar-refractivity contribution in [3.8, 4) is 5.75 Å². The molecule has 1 unspecified atom stereocenters. The van der Waals surface area contributed by atoms with Gasteiger partial charge in [-0.3, -0.25) is 0 Å². The number of ether oxygens (including phenoxy) is 1. The molecule has 1 fully saturated rings. The quantitative estimate of drug-likeness (QED) is 0.731. The molecule has 0 radical (unpaired) electrons. The Hall–Kier alpha value is -2.51. The highest BCUT2D eigenvalue weighted by atomic mass is 19.2. The van der Waals surface area contributed by atoms with Crippen LogP contribution in [-0.4, -0.2) is 46.2 Å². The number of nitrogens with zero attached hydrogens (tertiary/aromatic N) is 2. The number of halogens is 2. The number of aromatic nitrogens is 2. The maximum absolute atomic E-state index is 13.9. The van der Waals surface area contributed by atoms with Gasteiger partial charge < -0.3 is 19.7 Å². The van der Waals surface area contributed by atoms with Crippen LogP contribution in [0.25, 0.3) is 11.0 Å². The lowest BCUT2D eigenvalue weighted by Crippen LogP contribution is -2.35. The molecule has 7 heteroatoms. The number of fused-ring (bicyclic) bond motifs is 1. The van der Waals surface area contributed by atoms with Gasteiger partial charge in [0.25, 0.3) is 0 Å². The van der Waals surface area contributed by atoms with Crippen LogP contribution in [0.1, 0.15) is 30.3 Å². The van der Waals surface area contributed by atoms with E-state index in [0.717, 1.165) is 49.1 Å². The van der Waals surface area contributed by atoms with Crippen LogP contribution in [0.3, 0.4) is 0 Å². The lowest BCUT2D eigenvalue weighted by atomic mass is 10.0. The second-order valence-electron chi connectivity index (χ2n) is 6.98. The van der Waals surface area contributed by atoms with Crippen LogP contribution >= 0.6 is 0 Å². The van der Waals surface area contributed by atoms with E-state index in [0.29, 0.717) is 5.82 Å². The molecule has 2 aromatic carbocycles. The number of para-hydroxylation sites is 2. The summed E-state index contributed by atoms with van der Waals surface area (Å²) in [6.45, 7) is 1.78. The average molecular weight is 373 g/mol. The molecule has 1 aromatic heterocycles. The Balaban J connectivity index is 1.74. The number of phenols is 1. The molecule has 0 saturated carbocycles. The predicted octanol–water partition coefficient (Wildman–Crippen LogP) is 3.75. The molecular weight excluding hydrogens is 352 g/mol. The van der Waals surface area contributed by atoms with Crippen LogP contribution < -0.4 is 0 Å². The van der Waals surface area contributed by atoms with Gasteiger partial charge in [-0.15, -0.1) is 0 Å². The molecule has 0 spiro atoms. The molecule has 1 aliphatic rings. The SMILES string of the molecule is CN1CCC(OC(c2nc3ccccc3[nH]2)c2cc(F)c(F)cc2O)CC1. The molecule has 27 heavy (non-hydrogen) atoms. The Morgan fingerprint density at radius 2 is 1.89 bits per heavy atom. The lowest BCUT2D eigenvalue weighted by molar-refractivity contribution is -0.0273. The van der Waals surface area contributed by atoms with Gasteiger partial charge in [-0.25, -0.2) is 13.8 Å². The van der Waals surface area contributed by atoms with Crippen molar-refractivity contribution in [1.82, 2.24) is 14.9 Å². The molecule has 5 nitrogen and oxygen atoms in total. The summed E-state index contributed by atoms with van der Waals surface area (Å²) in [4.78, 5) is 9.94. The first-order chi connectivity index (χ1) is 13.0. The Bertz CT molecular complexity index is 919. The maximum Gasteiger partial charge on any atom is 0.162 e. The molecular formula is C20H21F2N3O2. The van der Waals surface area contributed by atoms with Crippen LogP contribution in [0.5, 0.6) is 5.75 Å². The molecule has 1 saturated heterocycles. The first-order valence-electron chi connectivity index (χ1n) is 8.98. The van der Waals surface area contributed by atoms with Crippen molar-refractivity contribution in [2.45, 2.75) is 25.0 Å². The van der Waals surface area contributed by atoms with E-state index in [1.807, 2.05) is 31.3 Å². The molecule has 4 rings (SSSR count). The second-order valence-corrected chi connectivity index (χ2v) is 6.98. The minimum absolute atomic E-state index is 0.0630. The first-order valence-corrected chi connectivity index (χ1v) is 8.98. The summed E-state index contributed by atoms with van der Waals surface area (Å²) < 4.78 is 33.6. The summed E-state index contributed by atoms with van der Waals surface area (Å²) in [5.74, 6) is -2.03. The summed E-state index contributed by atoms with van der Waals surface area (Å²) in [7, 11) is 2.05. The molecule has 3 aromatic rings. The van der Waals surface area contributed by atoms with E-state index in [1.54, 1.807) is 0 Å². The fourth-order valence-corrected chi connectivity index (χ4v) is 3.46. The number of imidazole rings is 1.